The molecule has 4 aliphatic rings. The van der Waals surface area contributed by atoms with E-state index in [1.54, 1.807) is 12.1 Å². The molecular weight excluding hydrogens is 256 g/mol. The van der Waals surface area contributed by atoms with Gasteiger partial charge < -0.3 is 15.0 Å². The lowest BCUT2D eigenvalue weighted by Gasteiger charge is -2.47. The van der Waals surface area contributed by atoms with Crippen LogP contribution in [0.15, 0.2) is 24.3 Å². The van der Waals surface area contributed by atoms with E-state index in [4.69, 9.17) is 15.0 Å². The van der Waals surface area contributed by atoms with E-state index in [1.807, 2.05) is 0 Å². The fourth-order valence-electron chi connectivity index (χ4n) is 3.90. The molecular formula is C15H19BFNO2. The van der Waals surface area contributed by atoms with Gasteiger partial charge >= 0.3 is 7.12 Å². The van der Waals surface area contributed by atoms with Crippen LogP contribution in [0.1, 0.15) is 24.8 Å². The van der Waals surface area contributed by atoms with Gasteiger partial charge in [-0.1, -0.05) is 12.1 Å². The first kappa shape index (κ1) is 12.8. The lowest BCUT2D eigenvalue weighted by Crippen LogP contribution is -2.47. The van der Waals surface area contributed by atoms with Crippen LogP contribution in [0.4, 0.5) is 4.39 Å². The smallest absolute Gasteiger partial charge is 0.405 e. The maximum Gasteiger partial charge on any atom is 0.475 e. The first-order valence-corrected chi connectivity index (χ1v) is 7.50. The van der Waals surface area contributed by atoms with Crippen molar-refractivity contribution in [2.45, 2.75) is 43.8 Å². The van der Waals surface area contributed by atoms with E-state index in [9.17, 15) is 4.39 Å². The summed E-state index contributed by atoms with van der Waals surface area (Å²) in [6.07, 6.45) is 4.87. The molecule has 3 aliphatic carbocycles. The minimum absolute atomic E-state index is 0.191. The number of hydrogen-bond acceptors (Lipinski definition) is 3. The fourth-order valence-corrected chi connectivity index (χ4v) is 3.90. The van der Waals surface area contributed by atoms with Crippen LogP contribution in [0.3, 0.4) is 0 Å². The van der Waals surface area contributed by atoms with Crippen LogP contribution in [0, 0.1) is 17.7 Å². The van der Waals surface area contributed by atoms with Gasteiger partial charge in [-0.2, -0.15) is 0 Å². The molecule has 3 saturated carbocycles. The second-order valence-electron chi connectivity index (χ2n) is 6.47. The van der Waals surface area contributed by atoms with Crippen LogP contribution in [0.25, 0.3) is 0 Å². The third-order valence-electron chi connectivity index (χ3n) is 5.00. The summed E-state index contributed by atoms with van der Waals surface area (Å²) in [6.45, 7) is 0. The molecule has 2 bridgehead atoms. The van der Waals surface area contributed by atoms with Crippen LogP contribution >= 0.6 is 0 Å². The monoisotopic (exact) mass is 275 g/mol. The lowest BCUT2D eigenvalue weighted by molar-refractivity contribution is -0.0439. The van der Waals surface area contributed by atoms with Crippen molar-refractivity contribution < 1.29 is 13.7 Å². The van der Waals surface area contributed by atoms with Crippen LogP contribution < -0.4 is 5.73 Å². The first-order valence-electron chi connectivity index (χ1n) is 7.50. The maximum absolute atomic E-state index is 12.9. The van der Waals surface area contributed by atoms with Gasteiger partial charge in [0.05, 0.1) is 12.2 Å². The first-order chi connectivity index (χ1) is 9.69. The Morgan fingerprint density at radius 1 is 1.20 bits per heavy atom. The third-order valence-corrected chi connectivity index (χ3v) is 5.00. The van der Waals surface area contributed by atoms with E-state index in [0.29, 0.717) is 12.3 Å². The average molecular weight is 275 g/mol. The molecule has 2 N–H and O–H groups in total. The fraction of sp³-hybridized carbons (Fsp3) is 0.600. The predicted molar refractivity (Wildman–Crippen MR) is 74.4 cm³/mol. The average Bonchev–Trinajstić information content (AvgIpc) is 2.84. The van der Waals surface area contributed by atoms with Gasteiger partial charge in [-0.05, 0) is 55.2 Å². The molecule has 1 aromatic rings. The van der Waals surface area contributed by atoms with Gasteiger partial charge in [0, 0.05) is 5.94 Å². The SMILES string of the molecule is N[C@@H](Cc1ccc(F)cc1)B1O[C@@H]2CC3CC(C3)[C@@H]2O1. The summed E-state index contributed by atoms with van der Waals surface area (Å²) in [7, 11) is -0.311. The second-order valence-corrected chi connectivity index (χ2v) is 6.47. The maximum atomic E-state index is 12.9. The molecule has 0 radical (unpaired) electrons. The zero-order valence-corrected chi connectivity index (χ0v) is 11.4. The lowest BCUT2D eigenvalue weighted by atomic mass is 9.63. The molecule has 4 fully saturated rings. The predicted octanol–water partition coefficient (Wildman–Crippen LogP) is 1.94. The largest absolute Gasteiger partial charge is 0.475 e. The third kappa shape index (κ3) is 2.18. The van der Waals surface area contributed by atoms with Crippen molar-refractivity contribution in [1.82, 2.24) is 0 Å². The number of benzene rings is 1. The van der Waals surface area contributed by atoms with Crippen molar-refractivity contribution in [2.24, 2.45) is 17.6 Å². The zero-order valence-electron chi connectivity index (χ0n) is 11.4. The van der Waals surface area contributed by atoms with E-state index in [2.05, 4.69) is 0 Å². The van der Waals surface area contributed by atoms with Crippen molar-refractivity contribution in [1.29, 1.82) is 0 Å². The summed E-state index contributed by atoms with van der Waals surface area (Å²) in [4.78, 5) is 0. The Hall–Kier alpha value is -0.905. The van der Waals surface area contributed by atoms with Crippen LogP contribution in [-0.4, -0.2) is 25.3 Å². The van der Waals surface area contributed by atoms with Gasteiger partial charge in [-0.3, -0.25) is 0 Å². The summed E-state index contributed by atoms with van der Waals surface area (Å²) in [5.41, 5.74) is 7.24. The highest BCUT2D eigenvalue weighted by Gasteiger charge is 2.54. The van der Waals surface area contributed by atoms with Crippen molar-refractivity contribution in [3.8, 4) is 0 Å². The molecule has 1 aromatic carbocycles. The molecule has 0 spiro atoms. The summed E-state index contributed by atoms with van der Waals surface area (Å²) in [5, 5.41) is 0. The van der Waals surface area contributed by atoms with Gasteiger partial charge in [-0.25, -0.2) is 4.39 Å². The highest BCUT2D eigenvalue weighted by molar-refractivity contribution is 6.47. The van der Waals surface area contributed by atoms with Gasteiger partial charge in [0.15, 0.2) is 0 Å². The Morgan fingerprint density at radius 3 is 2.65 bits per heavy atom. The van der Waals surface area contributed by atoms with Crippen LogP contribution in [0.2, 0.25) is 0 Å². The number of nitrogens with two attached hydrogens (primary N) is 1. The van der Waals surface area contributed by atoms with E-state index >= 15 is 0 Å². The molecule has 106 valence electrons. The Labute approximate surface area is 118 Å². The standard InChI is InChI=1S/C15H19BFNO2/c17-12-3-1-9(2-4-12)8-14(18)16-19-13-7-10-5-11(6-10)15(13)20-16/h1-4,10-11,13-15H,5-8,18H2/t10?,11?,13-,14+,15+/m1/s1. The molecule has 1 saturated heterocycles. The van der Waals surface area contributed by atoms with Crippen molar-refractivity contribution in [2.75, 3.05) is 0 Å². The van der Waals surface area contributed by atoms with E-state index in [0.717, 1.165) is 17.9 Å². The van der Waals surface area contributed by atoms with Crippen LogP contribution in [-0.2, 0) is 15.7 Å². The molecule has 1 heterocycles. The van der Waals surface area contributed by atoms with Crippen molar-refractivity contribution in [3.05, 3.63) is 35.6 Å². The highest BCUT2D eigenvalue weighted by atomic mass is 19.1. The molecule has 5 rings (SSSR count). The van der Waals surface area contributed by atoms with Gasteiger partial charge in [-0.15, -0.1) is 0 Å². The molecule has 3 atom stereocenters. The van der Waals surface area contributed by atoms with Crippen LogP contribution in [0.5, 0.6) is 0 Å². The molecule has 0 amide bonds. The molecule has 0 aromatic heterocycles. The molecule has 5 heteroatoms. The normalized spacial score (nSPS) is 36.4. The number of halogens is 1. The molecule has 3 nitrogen and oxygen atoms in total. The molecule has 0 unspecified atom stereocenters. The second kappa shape index (κ2) is 4.83. The minimum atomic E-state index is -0.311. The summed E-state index contributed by atoms with van der Waals surface area (Å²) >= 11 is 0. The van der Waals surface area contributed by atoms with E-state index in [1.165, 1.54) is 25.0 Å². The minimum Gasteiger partial charge on any atom is -0.405 e. The Kier molecular flexibility index (Phi) is 3.09. The number of hydrogen-bond donors (Lipinski definition) is 1. The Balaban J connectivity index is 1.39. The summed E-state index contributed by atoms with van der Waals surface area (Å²) in [6, 6.07) is 6.47. The van der Waals surface area contributed by atoms with E-state index < -0.39 is 0 Å². The molecule has 20 heavy (non-hydrogen) atoms. The molecule has 1 aliphatic heterocycles. The Bertz CT molecular complexity index is 491. The quantitative estimate of drug-likeness (QED) is 0.857. The van der Waals surface area contributed by atoms with Crippen molar-refractivity contribution in [3.63, 3.8) is 0 Å². The van der Waals surface area contributed by atoms with Gasteiger partial charge in [0.1, 0.15) is 5.82 Å². The summed E-state index contributed by atoms with van der Waals surface area (Å²) < 4.78 is 24.9. The van der Waals surface area contributed by atoms with Crippen molar-refractivity contribution >= 4 is 7.12 Å². The zero-order chi connectivity index (χ0) is 13.7. The topological polar surface area (TPSA) is 44.5 Å². The summed E-state index contributed by atoms with van der Waals surface area (Å²) in [5.74, 6) is 1.11. The number of rotatable bonds is 3. The highest BCUT2D eigenvalue weighted by Crippen LogP contribution is 2.50. The van der Waals surface area contributed by atoms with Gasteiger partial charge in [0.2, 0.25) is 0 Å². The van der Waals surface area contributed by atoms with Gasteiger partial charge in [0.25, 0.3) is 0 Å². The Morgan fingerprint density at radius 2 is 1.95 bits per heavy atom. The van der Waals surface area contributed by atoms with E-state index in [-0.39, 0.29) is 31.1 Å².